The highest BCUT2D eigenvalue weighted by atomic mass is 79.9. The van der Waals surface area contributed by atoms with Crippen molar-refractivity contribution in [3.05, 3.63) is 89.8 Å². The highest BCUT2D eigenvalue weighted by molar-refractivity contribution is 9.10. The molecule has 0 saturated carbocycles. The van der Waals surface area contributed by atoms with E-state index in [9.17, 15) is 9.59 Å². The molecule has 3 aromatic carbocycles. The molecule has 0 spiro atoms. The van der Waals surface area contributed by atoms with Gasteiger partial charge in [-0.25, -0.2) is 4.98 Å². The largest absolute Gasteiger partial charge is 0.490 e. The Morgan fingerprint density at radius 3 is 2.64 bits per heavy atom. The van der Waals surface area contributed by atoms with Crippen LogP contribution in [0.4, 0.5) is 5.69 Å². The molecule has 0 aliphatic carbocycles. The van der Waals surface area contributed by atoms with Gasteiger partial charge in [-0.3, -0.25) is 9.59 Å². The third-order valence-electron chi connectivity index (χ3n) is 5.73. The van der Waals surface area contributed by atoms with Crippen molar-refractivity contribution in [3.8, 4) is 11.5 Å². The van der Waals surface area contributed by atoms with Gasteiger partial charge in [0.2, 0.25) is 0 Å². The number of aromatic nitrogens is 2. The maximum atomic E-state index is 13.2. The van der Waals surface area contributed by atoms with Gasteiger partial charge in [-0.1, -0.05) is 52.7 Å². The number of para-hydroxylation sites is 1. The van der Waals surface area contributed by atoms with Crippen LogP contribution in [0.15, 0.2) is 67.4 Å². The molecule has 1 amide bonds. The standard InChI is InChI=1S/C28H25Br2ClN4O4/c1-4-23-33-21-11-10-18(29)13-19(21)28(37)35(23)32-14-17-12-22(38-5-2)27(26(31)25(17)30)39-15-24(36)34-20-9-7-6-8-16(20)3/h6-14H,4-5,15H2,1-3H3,(H,34,36). The smallest absolute Gasteiger partial charge is 0.282 e. The van der Waals surface area contributed by atoms with Gasteiger partial charge < -0.3 is 14.8 Å². The normalized spacial score (nSPS) is 11.2. The summed E-state index contributed by atoms with van der Waals surface area (Å²) in [5, 5.41) is 7.91. The van der Waals surface area contributed by atoms with Gasteiger partial charge in [0.05, 0.1) is 23.7 Å². The molecule has 0 saturated heterocycles. The number of aryl methyl sites for hydroxylation is 2. The maximum absolute atomic E-state index is 13.2. The number of fused-ring (bicyclic) bond motifs is 1. The van der Waals surface area contributed by atoms with E-state index in [1.807, 2.05) is 51.1 Å². The first-order chi connectivity index (χ1) is 18.7. The molecule has 4 aromatic rings. The van der Waals surface area contributed by atoms with E-state index >= 15 is 0 Å². The molecule has 0 fully saturated rings. The fourth-order valence-electron chi connectivity index (χ4n) is 3.80. The van der Waals surface area contributed by atoms with Crippen molar-refractivity contribution in [3.63, 3.8) is 0 Å². The zero-order valence-corrected chi connectivity index (χ0v) is 25.4. The number of nitrogens with zero attached hydrogens (tertiary/aromatic N) is 3. The average molecular weight is 677 g/mol. The Hall–Kier alpha value is -3.21. The number of carbonyl (C=O) groups is 1. The van der Waals surface area contributed by atoms with Gasteiger partial charge in [0.15, 0.2) is 18.1 Å². The van der Waals surface area contributed by atoms with Crippen LogP contribution in [0.25, 0.3) is 10.9 Å². The molecule has 0 unspecified atom stereocenters. The summed E-state index contributed by atoms with van der Waals surface area (Å²) in [6, 6.07) is 14.5. The first kappa shape index (κ1) is 28.8. The molecular weight excluding hydrogens is 652 g/mol. The summed E-state index contributed by atoms with van der Waals surface area (Å²) >= 11 is 13.5. The Morgan fingerprint density at radius 1 is 1.15 bits per heavy atom. The Kier molecular flexibility index (Phi) is 9.42. The number of hydrogen-bond donors (Lipinski definition) is 1. The number of anilines is 1. The minimum absolute atomic E-state index is 0.203. The van der Waals surface area contributed by atoms with Crippen molar-refractivity contribution in [1.29, 1.82) is 0 Å². The predicted octanol–water partition coefficient (Wildman–Crippen LogP) is 6.74. The third-order valence-corrected chi connectivity index (χ3v) is 7.66. The summed E-state index contributed by atoms with van der Waals surface area (Å²) < 4.78 is 14.1. The second kappa shape index (κ2) is 12.8. The van der Waals surface area contributed by atoms with Gasteiger partial charge in [0.25, 0.3) is 11.5 Å². The van der Waals surface area contributed by atoms with E-state index in [-0.39, 0.29) is 28.8 Å². The fourth-order valence-corrected chi connectivity index (χ4v) is 4.81. The lowest BCUT2D eigenvalue weighted by molar-refractivity contribution is -0.118. The van der Waals surface area contributed by atoms with Gasteiger partial charge in [-0.15, -0.1) is 0 Å². The minimum Gasteiger partial charge on any atom is -0.490 e. The lowest BCUT2D eigenvalue weighted by Gasteiger charge is -2.16. The van der Waals surface area contributed by atoms with E-state index in [4.69, 9.17) is 21.1 Å². The predicted molar refractivity (Wildman–Crippen MR) is 162 cm³/mol. The monoisotopic (exact) mass is 674 g/mol. The number of nitrogens with one attached hydrogen (secondary N) is 1. The van der Waals surface area contributed by atoms with Crippen LogP contribution >= 0.6 is 43.5 Å². The van der Waals surface area contributed by atoms with Crippen LogP contribution in [0.3, 0.4) is 0 Å². The lowest BCUT2D eigenvalue weighted by Crippen LogP contribution is -2.22. The van der Waals surface area contributed by atoms with E-state index < -0.39 is 0 Å². The average Bonchev–Trinajstić information content (AvgIpc) is 2.92. The second-order valence-corrected chi connectivity index (χ2v) is 10.5. The summed E-state index contributed by atoms with van der Waals surface area (Å²) in [4.78, 5) is 30.4. The number of ether oxygens (including phenoxy) is 2. The summed E-state index contributed by atoms with van der Waals surface area (Å²) in [6.07, 6.45) is 2.00. The van der Waals surface area contributed by atoms with Crippen LogP contribution in [0.2, 0.25) is 5.02 Å². The number of amides is 1. The van der Waals surface area contributed by atoms with Gasteiger partial charge in [-0.2, -0.15) is 9.78 Å². The lowest BCUT2D eigenvalue weighted by atomic mass is 10.2. The van der Waals surface area contributed by atoms with Crippen molar-refractivity contribution in [1.82, 2.24) is 9.66 Å². The summed E-state index contributed by atoms with van der Waals surface area (Å²) in [5.74, 6) is 0.718. The Labute approximate surface area is 247 Å². The quantitative estimate of drug-likeness (QED) is 0.198. The Bertz CT molecular complexity index is 1640. The molecule has 39 heavy (non-hydrogen) atoms. The third kappa shape index (κ3) is 6.51. The Balaban J connectivity index is 1.64. The van der Waals surface area contributed by atoms with E-state index in [0.29, 0.717) is 51.2 Å². The van der Waals surface area contributed by atoms with Gasteiger partial charge >= 0.3 is 0 Å². The van der Waals surface area contributed by atoms with E-state index in [1.165, 1.54) is 10.9 Å². The number of carbonyl (C=O) groups excluding carboxylic acids is 1. The molecule has 1 N–H and O–H groups in total. The SMILES string of the molecule is CCOc1cc(C=Nn2c(CC)nc3ccc(Br)cc3c2=O)c(Br)c(Cl)c1OCC(=O)Nc1ccccc1C. The first-order valence-corrected chi connectivity index (χ1v) is 14.1. The number of rotatable bonds is 9. The molecule has 1 aromatic heterocycles. The number of hydrogen-bond acceptors (Lipinski definition) is 6. The molecule has 0 bridgehead atoms. The zero-order chi connectivity index (χ0) is 28.1. The highest BCUT2D eigenvalue weighted by Crippen LogP contribution is 2.42. The molecule has 0 atom stereocenters. The van der Waals surface area contributed by atoms with Crippen LogP contribution < -0.4 is 20.3 Å². The molecule has 8 nitrogen and oxygen atoms in total. The van der Waals surface area contributed by atoms with Crippen molar-refractivity contribution in [2.75, 3.05) is 18.5 Å². The van der Waals surface area contributed by atoms with Crippen molar-refractivity contribution < 1.29 is 14.3 Å². The first-order valence-electron chi connectivity index (χ1n) is 12.1. The molecule has 1 heterocycles. The van der Waals surface area contributed by atoms with Gasteiger partial charge in [0, 0.05) is 26.6 Å². The van der Waals surface area contributed by atoms with Crippen LogP contribution in [0.1, 0.15) is 30.8 Å². The molecule has 0 aliphatic rings. The van der Waals surface area contributed by atoms with Crippen LogP contribution in [0, 0.1) is 6.92 Å². The molecule has 11 heteroatoms. The van der Waals surface area contributed by atoms with Crippen LogP contribution in [-0.4, -0.2) is 35.0 Å². The highest BCUT2D eigenvalue weighted by Gasteiger charge is 2.19. The number of benzene rings is 3. The molecule has 0 aliphatic heterocycles. The van der Waals surface area contributed by atoms with Gasteiger partial charge in [0.1, 0.15) is 10.8 Å². The van der Waals surface area contributed by atoms with Crippen molar-refractivity contribution in [2.24, 2.45) is 5.10 Å². The number of halogens is 3. The molecule has 4 rings (SSSR count). The van der Waals surface area contributed by atoms with E-state index in [2.05, 4.69) is 47.3 Å². The summed E-state index contributed by atoms with van der Waals surface area (Å²) in [6.45, 7) is 5.69. The van der Waals surface area contributed by atoms with E-state index in [1.54, 1.807) is 18.2 Å². The Morgan fingerprint density at radius 2 is 1.92 bits per heavy atom. The van der Waals surface area contributed by atoms with Crippen LogP contribution in [-0.2, 0) is 11.2 Å². The van der Waals surface area contributed by atoms with E-state index in [0.717, 1.165) is 10.0 Å². The molecular formula is C28H25Br2ClN4O4. The minimum atomic E-state index is -0.341. The summed E-state index contributed by atoms with van der Waals surface area (Å²) in [5.41, 5.74) is 2.49. The van der Waals surface area contributed by atoms with Crippen molar-refractivity contribution in [2.45, 2.75) is 27.2 Å². The summed E-state index contributed by atoms with van der Waals surface area (Å²) in [7, 11) is 0. The van der Waals surface area contributed by atoms with Gasteiger partial charge in [-0.05, 0) is 65.7 Å². The van der Waals surface area contributed by atoms with Crippen LogP contribution in [0.5, 0.6) is 11.5 Å². The molecule has 202 valence electrons. The fraction of sp³-hybridized carbons (Fsp3) is 0.214. The van der Waals surface area contributed by atoms with Crippen molar-refractivity contribution >= 4 is 72.2 Å². The topological polar surface area (TPSA) is 94.8 Å². The maximum Gasteiger partial charge on any atom is 0.282 e. The zero-order valence-electron chi connectivity index (χ0n) is 21.4. The second-order valence-electron chi connectivity index (χ2n) is 8.41. The molecule has 0 radical (unpaired) electrons.